The second-order valence-electron chi connectivity index (χ2n) is 16.6. The first-order valence-corrected chi connectivity index (χ1v) is 19.6. The minimum atomic E-state index is -0.165. The maximum Gasteiger partial charge on any atom is 0.410 e. The molecule has 8 atom stereocenters. The van der Waals surface area contributed by atoms with Gasteiger partial charge in [-0.3, -0.25) is 16.1 Å². The fourth-order valence-electron chi connectivity index (χ4n) is 10.6. The largest absolute Gasteiger partial charge is 0.446 e. The summed E-state index contributed by atoms with van der Waals surface area (Å²) in [5.74, 6) is 5.01. The van der Waals surface area contributed by atoms with Gasteiger partial charge in [-0.05, 0) is 124 Å². The minimum absolute atomic E-state index is 0.0314. The van der Waals surface area contributed by atoms with Crippen LogP contribution in [0.15, 0.2) is 11.6 Å². The molecule has 48 heavy (non-hydrogen) atoms. The molecule has 0 aliphatic heterocycles. The number of amides is 1. The summed E-state index contributed by atoms with van der Waals surface area (Å²) in [6.07, 6.45) is 21.5. The summed E-state index contributed by atoms with van der Waals surface area (Å²) in [5.41, 5.74) is 2.34. The topological polar surface area (TPSA) is 125 Å². The first kappa shape index (κ1) is 38.7. The molecule has 0 aromatic rings. The van der Waals surface area contributed by atoms with E-state index in [1.807, 2.05) is 4.90 Å². The van der Waals surface area contributed by atoms with Gasteiger partial charge in [0.15, 0.2) is 0 Å². The van der Waals surface area contributed by atoms with E-state index in [-0.39, 0.29) is 17.6 Å². The van der Waals surface area contributed by atoms with Crippen molar-refractivity contribution < 1.29 is 9.53 Å². The van der Waals surface area contributed by atoms with Crippen LogP contribution in [0.4, 0.5) is 4.79 Å². The summed E-state index contributed by atoms with van der Waals surface area (Å²) in [7, 11) is 0. The highest BCUT2D eigenvalue weighted by molar-refractivity contribution is 5.67. The van der Waals surface area contributed by atoms with E-state index >= 15 is 0 Å². The summed E-state index contributed by atoms with van der Waals surface area (Å²) in [6.45, 7) is 16.6. The Morgan fingerprint density at radius 3 is 2.33 bits per heavy atom. The van der Waals surface area contributed by atoms with Crippen molar-refractivity contribution >= 4 is 18.8 Å². The Balaban J connectivity index is 1.32. The summed E-state index contributed by atoms with van der Waals surface area (Å²) >= 11 is 0. The van der Waals surface area contributed by atoms with E-state index in [4.69, 9.17) is 15.6 Å². The van der Waals surface area contributed by atoms with E-state index in [0.717, 1.165) is 87.1 Å². The summed E-state index contributed by atoms with van der Waals surface area (Å²) in [4.78, 5) is 15.5. The Morgan fingerprint density at radius 2 is 1.62 bits per heavy atom. The number of carbonyl (C=O) groups excluding carboxylic acids is 1. The van der Waals surface area contributed by atoms with Crippen molar-refractivity contribution in [3.63, 3.8) is 0 Å². The molecule has 9 nitrogen and oxygen atoms in total. The lowest BCUT2D eigenvalue weighted by Crippen LogP contribution is -2.51. The van der Waals surface area contributed by atoms with E-state index in [2.05, 4.69) is 62.0 Å². The molecule has 0 spiro atoms. The SMILES string of the molecule is CC(C)CCCC(C)C1CCC2C3CC=C4CC(OC(=O)N(CCCCNCNC=N)CCCNCNC=N)CCC4(C)C3CCC12C. The molecule has 0 aromatic carbocycles. The lowest BCUT2D eigenvalue weighted by Gasteiger charge is -2.58. The van der Waals surface area contributed by atoms with Gasteiger partial charge in [0.25, 0.3) is 0 Å². The summed E-state index contributed by atoms with van der Waals surface area (Å²) in [5, 5.41) is 26.4. The Labute approximate surface area is 292 Å². The van der Waals surface area contributed by atoms with Crippen molar-refractivity contribution in [2.75, 3.05) is 39.5 Å². The third kappa shape index (κ3) is 9.76. The molecule has 4 rings (SSSR count). The zero-order valence-electron chi connectivity index (χ0n) is 31.2. The smallest absolute Gasteiger partial charge is 0.410 e. The Hall–Kier alpha value is -2.13. The first-order valence-electron chi connectivity index (χ1n) is 19.6. The first-order chi connectivity index (χ1) is 23.1. The number of nitrogens with zero attached hydrogens (tertiary/aromatic N) is 1. The van der Waals surface area contributed by atoms with Crippen molar-refractivity contribution in [2.24, 2.45) is 46.3 Å². The number of fused-ring (bicyclic) bond motifs is 5. The average Bonchev–Trinajstić information content (AvgIpc) is 3.42. The molecule has 274 valence electrons. The van der Waals surface area contributed by atoms with Gasteiger partial charge in [-0.25, -0.2) is 4.79 Å². The molecule has 4 aliphatic carbocycles. The third-order valence-corrected chi connectivity index (χ3v) is 13.3. The van der Waals surface area contributed by atoms with E-state index < -0.39 is 0 Å². The molecular formula is C39H71N7O2. The molecule has 0 radical (unpaired) electrons. The number of ether oxygens (including phenoxy) is 1. The molecule has 0 bridgehead atoms. The molecule has 8 unspecified atom stereocenters. The monoisotopic (exact) mass is 670 g/mol. The van der Waals surface area contributed by atoms with Crippen LogP contribution in [0.25, 0.3) is 0 Å². The lowest BCUT2D eigenvalue weighted by atomic mass is 9.47. The van der Waals surface area contributed by atoms with E-state index in [1.54, 1.807) is 5.57 Å². The molecular weight excluding hydrogens is 598 g/mol. The maximum atomic E-state index is 13.6. The standard InChI is InChI=1S/C39H71N7O2/c1-29(2)10-8-11-30(3)34-14-15-35-33-13-12-31-24-32(16-18-38(31,4)36(33)17-19-39(34,35)5)48-37(47)46(23-9-21-43-28-45-26-41)22-7-6-20-42-27-44-25-40/h12,25-26,29-30,32-36,42-43H,6-11,13-24,27-28H2,1-5H3,(H2,40,44)(H2,41,45). The third-order valence-electron chi connectivity index (χ3n) is 13.3. The van der Waals surface area contributed by atoms with Crippen molar-refractivity contribution in [3.05, 3.63) is 11.6 Å². The molecule has 6 N–H and O–H groups in total. The summed E-state index contributed by atoms with van der Waals surface area (Å²) < 4.78 is 6.29. The Kier molecular flexibility index (Phi) is 15.1. The molecule has 0 aromatic heterocycles. The number of nitrogens with one attached hydrogen (secondary N) is 6. The fourth-order valence-corrected chi connectivity index (χ4v) is 10.6. The van der Waals surface area contributed by atoms with Crippen LogP contribution in [0.2, 0.25) is 0 Å². The van der Waals surface area contributed by atoms with E-state index in [0.29, 0.717) is 31.8 Å². The van der Waals surface area contributed by atoms with E-state index in [9.17, 15) is 4.79 Å². The summed E-state index contributed by atoms with van der Waals surface area (Å²) in [6, 6.07) is 0. The minimum Gasteiger partial charge on any atom is -0.446 e. The number of unbranched alkanes of at least 4 members (excludes halogenated alkanes) is 1. The second kappa shape index (κ2) is 18.7. The molecule has 1 amide bonds. The van der Waals surface area contributed by atoms with Gasteiger partial charge in [0.05, 0.1) is 26.0 Å². The van der Waals surface area contributed by atoms with Gasteiger partial charge < -0.3 is 25.6 Å². The highest BCUT2D eigenvalue weighted by atomic mass is 16.6. The molecule has 3 saturated carbocycles. The van der Waals surface area contributed by atoms with Crippen LogP contribution in [0.3, 0.4) is 0 Å². The van der Waals surface area contributed by atoms with Crippen molar-refractivity contribution in [2.45, 2.75) is 131 Å². The number of allylic oxidation sites excluding steroid dienone is 1. The maximum absolute atomic E-state index is 13.6. The van der Waals surface area contributed by atoms with E-state index in [1.165, 1.54) is 64.0 Å². The highest BCUT2D eigenvalue weighted by Crippen LogP contribution is 2.67. The van der Waals surface area contributed by atoms with Crippen LogP contribution in [-0.4, -0.2) is 69.3 Å². The van der Waals surface area contributed by atoms with Crippen LogP contribution < -0.4 is 21.3 Å². The van der Waals surface area contributed by atoms with Gasteiger partial charge in [-0.15, -0.1) is 0 Å². The molecule has 3 fully saturated rings. The normalized spacial score (nSPS) is 31.5. The fraction of sp³-hybridized carbons (Fsp3) is 0.872. The lowest BCUT2D eigenvalue weighted by molar-refractivity contribution is -0.0593. The molecule has 9 heteroatoms. The van der Waals surface area contributed by atoms with Crippen molar-refractivity contribution in [3.8, 4) is 0 Å². The van der Waals surface area contributed by atoms with Crippen LogP contribution in [0, 0.1) is 57.2 Å². The number of carbonyl (C=O) groups is 1. The van der Waals surface area contributed by atoms with Crippen LogP contribution in [-0.2, 0) is 4.74 Å². The van der Waals surface area contributed by atoms with Gasteiger partial charge in [-0.2, -0.15) is 0 Å². The zero-order chi connectivity index (χ0) is 34.6. The van der Waals surface area contributed by atoms with Crippen molar-refractivity contribution in [1.82, 2.24) is 26.2 Å². The van der Waals surface area contributed by atoms with Gasteiger partial charge in [-0.1, -0.05) is 65.5 Å². The molecule has 4 aliphatic rings. The van der Waals surface area contributed by atoms with Crippen LogP contribution in [0.5, 0.6) is 0 Å². The van der Waals surface area contributed by atoms with Crippen LogP contribution >= 0.6 is 0 Å². The Morgan fingerprint density at radius 1 is 0.917 bits per heavy atom. The molecule has 0 saturated heterocycles. The predicted octanol–water partition coefficient (Wildman–Crippen LogP) is 7.49. The zero-order valence-corrected chi connectivity index (χ0v) is 31.2. The quantitative estimate of drug-likeness (QED) is 0.0247. The van der Waals surface area contributed by atoms with Gasteiger partial charge in [0, 0.05) is 19.5 Å². The van der Waals surface area contributed by atoms with Gasteiger partial charge >= 0.3 is 6.09 Å². The van der Waals surface area contributed by atoms with Crippen LogP contribution in [0.1, 0.15) is 125 Å². The number of rotatable bonds is 21. The second-order valence-corrected chi connectivity index (χ2v) is 16.6. The Bertz CT molecular complexity index is 1050. The molecule has 0 heterocycles. The predicted molar refractivity (Wildman–Crippen MR) is 198 cm³/mol. The van der Waals surface area contributed by atoms with Gasteiger partial charge in [0.1, 0.15) is 6.10 Å². The number of hydrogen-bond acceptors (Lipinski definition) is 6. The van der Waals surface area contributed by atoms with Gasteiger partial charge in [0.2, 0.25) is 0 Å². The van der Waals surface area contributed by atoms with Crippen molar-refractivity contribution in [1.29, 1.82) is 10.8 Å². The highest BCUT2D eigenvalue weighted by Gasteiger charge is 2.59. The number of hydrogen-bond donors (Lipinski definition) is 6. The average molecular weight is 670 g/mol.